The molecule has 15 aromatic carbocycles. The van der Waals surface area contributed by atoms with Gasteiger partial charge in [-0.3, -0.25) is 0 Å². The van der Waals surface area contributed by atoms with Gasteiger partial charge in [-0.25, -0.2) is 4.85 Å². The molecule has 7 heteroatoms. The lowest BCUT2D eigenvalue weighted by atomic mass is 9.33. The highest BCUT2D eigenvalue weighted by molar-refractivity contribution is 7.00. The lowest BCUT2D eigenvalue weighted by Crippen LogP contribution is -2.61. The van der Waals surface area contributed by atoms with Gasteiger partial charge >= 0.3 is 0 Å². The molecule has 0 saturated carbocycles. The minimum Gasteiger partial charge on any atom is -0.311 e. The molecule has 2 spiro atoms. The van der Waals surface area contributed by atoms with Crippen molar-refractivity contribution in [1.29, 1.82) is 5.26 Å². The number of rotatable bonds is 4. The molecule has 0 N–H and O–H groups in total. The Hall–Kier alpha value is -13.5. The SMILES string of the molecule is [C-]#[N+]c1ccc2c(c1)c1cc(C(C)(C)C)ccc1n2-c1ccc2c(c1)N(c1cccc3c1C1(c4ccccc4-c4ccccc41)c1ccccc1-3)c1cc(C(C)(C)C)cc3c1B2c1ccc(-n2c4ccc(C#N)cc4c4cc(C(C)(C)C)ccc42)cc1N3c1cccc2c1C1(c3ccccc3-c3ccccc31)c1ccccc1-2. The molecule has 6 nitrogen and oxygen atoms in total. The van der Waals surface area contributed by atoms with Crippen LogP contribution < -0.4 is 26.2 Å². The van der Waals surface area contributed by atoms with Crippen LogP contribution in [0, 0.1) is 17.9 Å². The predicted molar refractivity (Wildman–Crippen MR) is 469 cm³/mol. The number of aromatic nitrogens is 2. The number of hydrogen-bond donors (Lipinski definition) is 0. The lowest BCUT2D eigenvalue weighted by molar-refractivity contribution is 0.590. The van der Waals surface area contributed by atoms with Crippen molar-refractivity contribution in [3.8, 4) is 62.0 Å². The van der Waals surface area contributed by atoms with Crippen molar-refractivity contribution in [2.24, 2.45) is 0 Å². The van der Waals surface area contributed by atoms with Crippen LogP contribution in [-0.4, -0.2) is 15.8 Å². The molecule has 0 fully saturated rings. The maximum atomic E-state index is 10.6. The second kappa shape index (κ2) is 22.6. The van der Waals surface area contributed by atoms with Crippen LogP contribution in [0.3, 0.4) is 0 Å². The normalized spacial score (nSPS) is 14.5. The summed E-state index contributed by atoms with van der Waals surface area (Å²) in [4.78, 5) is 9.51. The van der Waals surface area contributed by atoms with Crippen LogP contribution >= 0.6 is 0 Å². The molecule has 4 aliphatic carbocycles. The summed E-state index contributed by atoms with van der Waals surface area (Å²) >= 11 is 0. The third-order valence-corrected chi connectivity index (χ3v) is 26.4. The second-order valence-corrected chi connectivity index (χ2v) is 35.2. The van der Waals surface area contributed by atoms with Gasteiger partial charge in [0.2, 0.25) is 0 Å². The van der Waals surface area contributed by atoms with Gasteiger partial charge in [-0.15, -0.1) is 0 Å². The number of fused-ring (bicyclic) bond motifs is 30. The van der Waals surface area contributed by atoms with Crippen LogP contribution in [0.5, 0.6) is 0 Å². The quantitative estimate of drug-likeness (QED) is 0.130. The minimum atomic E-state index is -0.711. The standard InChI is InChI=1S/C106H77BN6/c1-102(2,3)63-42-50-90-78(54-63)77-53-62(61-108)41-49-89(77)110(90)67-45-47-87-95(59-67)112(93-39-23-31-75-73-29-15-21-37-85(73)105(99(75)93)81-33-17-11-25-69(81)70-26-12-18-34-82(70)105)97-56-65(104(7,8)9)57-98-101(97)107(87)88-48-46-68(111-91-51-43-64(103(4,5)6)55-79(91)80-58-66(109-10)44-52-92(80)111)60-96(88)113(98)94-40-24-32-76-74-30-16-22-38-86(74)106(100(76)94)83-35-19-13-27-71(83)72-28-14-20-36-84(72)106/h11-60H,1-9H3. The zero-order chi connectivity index (χ0) is 76.3. The van der Waals surface area contributed by atoms with E-state index in [4.69, 9.17) is 6.57 Å². The highest BCUT2D eigenvalue weighted by Crippen LogP contribution is 2.68. The zero-order valence-electron chi connectivity index (χ0n) is 64.6. The molecule has 0 atom stereocenters. The summed E-state index contributed by atoms with van der Waals surface area (Å²) in [6, 6.07) is 119. The van der Waals surface area contributed by atoms with E-state index < -0.39 is 10.8 Å². The van der Waals surface area contributed by atoms with Gasteiger partial charge < -0.3 is 18.9 Å². The molecule has 23 rings (SSSR count). The minimum absolute atomic E-state index is 0.119. The highest BCUT2D eigenvalue weighted by Gasteiger charge is 2.57. The average Bonchev–Trinajstić information content (AvgIpc) is 1.58. The molecule has 2 aromatic heterocycles. The summed E-state index contributed by atoms with van der Waals surface area (Å²) in [6.45, 7) is 29.0. The summed E-state index contributed by atoms with van der Waals surface area (Å²) in [6.07, 6.45) is 0. The van der Waals surface area contributed by atoms with E-state index in [-0.39, 0.29) is 23.0 Å². The van der Waals surface area contributed by atoms with E-state index in [1.165, 1.54) is 122 Å². The zero-order valence-corrected chi connectivity index (χ0v) is 64.6. The van der Waals surface area contributed by atoms with Gasteiger partial charge in [0, 0.05) is 61.4 Å². The predicted octanol–water partition coefficient (Wildman–Crippen LogP) is 25.0. The Kier molecular flexibility index (Phi) is 13.1. The van der Waals surface area contributed by atoms with E-state index in [0.717, 1.165) is 89.1 Å². The average molecular weight is 1450 g/mol. The van der Waals surface area contributed by atoms with Crippen LogP contribution in [0.15, 0.2) is 303 Å². The topological polar surface area (TPSA) is 44.5 Å². The van der Waals surface area contributed by atoms with Crippen LogP contribution in [0.2, 0.25) is 0 Å². The lowest BCUT2D eigenvalue weighted by Gasteiger charge is -2.47. The molecule has 113 heavy (non-hydrogen) atoms. The molecule has 0 amide bonds. The summed E-state index contributed by atoms with van der Waals surface area (Å²) in [5.74, 6) is 0. The van der Waals surface area contributed by atoms with Crippen LogP contribution in [0.1, 0.15) is 129 Å². The monoisotopic (exact) mass is 1440 g/mol. The Balaban J connectivity index is 0.877. The summed E-state index contributed by atoms with van der Waals surface area (Å²) in [7, 11) is 0. The summed E-state index contributed by atoms with van der Waals surface area (Å²) in [5, 5.41) is 15.0. The van der Waals surface area contributed by atoms with E-state index in [9.17, 15) is 5.26 Å². The van der Waals surface area contributed by atoms with Gasteiger partial charge in [-0.05, 0) is 236 Å². The van der Waals surface area contributed by atoms with Crippen molar-refractivity contribution >= 4 is 107 Å². The number of benzene rings is 15. The van der Waals surface area contributed by atoms with Gasteiger partial charge in [0.1, 0.15) is 0 Å². The Morgan fingerprint density at radius 3 is 1.04 bits per heavy atom. The Bertz CT molecular complexity index is 6710. The van der Waals surface area contributed by atoms with Gasteiger partial charge in [0.05, 0.1) is 62.5 Å². The van der Waals surface area contributed by atoms with Crippen molar-refractivity contribution in [3.05, 3.63) is 381 Å². The third kappa shape index (κ3) is 8.51. The second-order valence-electron chi connectivity index (χ2n) is 35.2. The van der Waals surface area contributed by atoms with Gasteiger partial charge in [0.25, 0.3) is 6.71 Å². The Morgan fingerprint density at radius 1 is 0.319 bits per heavy atom. The van der Waals surface area contributed by atoms with Gasteiger partial charge in [-0.1, -0.05) is 263 Å². The van der Waals surface area contributed by atoms with E-state index in [0.29, 0.717) is 11.3 Å². The number of hydrogen-bond acceptors (Lipinski definition) is 3. The van der Waals surface area contributed by atoms with E-state index in [2.05, 4.69) is 383 Å². The van der Waals surface area contributed by atoms with Crippen molar-refractivity contribution in [2.75, 3.05) is 9.80 Å². The smallest absolute Gasteiger partial charge is 0.252 e. The summed E-state index contributed by atoms with van der Waals surface area (Å²) in [5.41, 5.74) is 39.7. The molecule has 0 unspecified atom stereocenters. The van der Waals surface area contributed by atoms with E-state index >= 15 is 0 Å². The Labute approximate surface area is 659 Å². The largest absolute Gasteiger partial charge is 0.311 e. The molecular weight excluding hydrogens is 1370 g/mol. The first-order valence-electron chi connectivity index (χ1n) is 39.8. The maximum absolute atomic E-state index is 10.6. The number of nitrogens with zero attached hydrogens (tertiary/aromatic N) is 6. The fourth-order valence-corrected chi connectivity index (χ4v) is 21.5. The first kappa shape index (κ1) is 65.4. The van der Waals surface area contributed by atoms with Gasteiger partial charge in [0.15, 0.2) is 5.69 Å². The fraction of sp³-hybridized carbons (Fsp3) is 0.132. The van der Waals surface area contributed by atoms with Crippen molar-refractivity contribution in [3.63, 3.8) is 0 Å². The van der Waals surface area contributed by atoms with Crippen LogP contribution in [-0.2, 0) is 27.1 Å². The van der Waals surface area contributed by atoms with Crippen molar-refractivity contribution < 1.29 is 0 Å². The maximum Gasteiger partial charge on any atom is 0.252 e. The molecule has 534 valence electrons. The number of anilines is 6. The first-order chi connectivity index (χ1) is 54.9. The first-order valence-corrected chi connectivity index (χ1v) is 39.8. The third-order valence-electron chi connectivity index (χ3n) is 26.4. The summed E-state index contributed by atoms with van der Waals surface area (Å²) < 4.78 is 4.93. The van der Waals surface area contributed by atoms with E-state index in [1.807, 2.05) is 12.1 Å². The van der Waals surface area contributed by atoms with E-state index in [1.54, 1.807) is 0 Å². The van der Waals surface area contributed by atoms with Crippen LogP contribution in [0.25, 0.3) is 104 Å². The Morgan fingerprint density at radius 2 is 0.664 bits per heavy atom. The molecular formula is C106H77BN6. The molecule has 2 aliphatic heterocycles. The van der Waals surface area contributed by atoms with Crippen LogP contribution in [0.4, 0.5) is 39.8 Å². The molecule has 0 saturated heterocycles. The number of nitriles is 1. The molecule has 4 heterocycles. The molecule has 17 aromatic rings. The fourth-order valence-electron chi connectivity index (χ4n) is 21.5. The molecule has 0 radical (unpaired) electrons. The van der Waals surface area contributed by atoms with Crippen molar-refractivity contribution in [2.45, 2.75) is 89.4 Å². The molecule has 0 bridgehead atoms. The van der Waals surface area contributed by atoms with Crippen molar-refractivity contribution in [1.82, 2.24) is 9.13 Å². The molecule has 6 aliphatic rings. The highest BCUT2D eigenvalue weighted by atomic mass is 15.2. The van der Waals surface area contributed by atoms with Gasteiger partial charge in [-0.2, -0.15) is 5.26 Å².